The third-order valence-corrected chi connectivity index (χ3v) is 6.40. The Morgan fingerprint density at radius 2 is 1.81 bits per heavy atom. The summed E-state index contributed by atoms with van der Waals surface area (Å²) < 4.78 is 52.0. The molecule has 0 spiro atoms. The number of hydrogen-bond donors (Lipinski definition) is 0. The number of pyridine rings is 1. The van der Waals surface area contributed by atoms with Gasteiger partial charge in [-0.2, -0.15) is 13.8 Å². The van der Waals surface area contributed by atoms with Crippen LogP contribution in [0.25, 0.3) is 0 Å². The Morgan fingerprint density at radius 1 is 1.14 bits per heavy atom. The Kier molecular flexibility index (Phi) is 3.81. The molecule has 8 heteroatoms. The number of fused-ring (bicyclic) bond motifs is 1. The minimum atomic E-state index is -3.78. The molecular formula is C13H15ClF2N2O2S. The van der Waals surface area contributed by atoms with Crippen molar-refractivity contribution in [3.63, 3.8) is 0 Å². The summed E-state index contributed by atoms with van der Waals surface area (Å²) in [6, 6.07) is 0.0610. The van der Waals surface area contributed by atoms with Gasteiger partial charge in [0.15, 0.2) is 9.84 Å². The summed E-state index contributed by atoms with van der Waals surface area (Å²) in [4.78, 5) is 4.40. The van der Waals surface area contributed by atoms with Crippen LogP contribution in [0.1, 0.15) is 32.1 Å². The van der Waals surface area contributed by atoms with Crippen LogP contribution in [0.15, 0.2) is 4.90 Å². The fourth-order valence-electron chi connectivity index (χ4n) is 3.20. The molecule has 1 aliphatic carbocycles. The number of hydrogen-bond acceptors (Lipinski definition) is 4. The zero-order chi connectivity index (χ0) is 15.2. The first-order valence-electron chi connectivity index (χ1n) is 6.95. The number of halogens is 3. The Morgan fingerprint density at radius 3 is 2.48 bits per heavy atom. The van der Waals surface area contributed by atoms with E-state index < -0.39 is 31.7 Å². The van der Waals surface area contributed by atoms with Gasteiger partial charge in [0.1, 0.15) is 15.6 Å². The van der Waals surface area contributed by atoms with Crippen LogP contribution >= 0.6 is 11.6 Å². The van der Waals surface area contributed by atoms with E-state index in [2.05, 4.69) is 4.98 Å². The normalized spacial score (nSPS) is 22.1. The Hall–Kier alpha value is -0.950. The van der Waals surface area contributed by atoms with E-state index in [4.69, 9.17) is 11.6 Å². The Labute approximate surface area is 127 Å². The van der Waals surface area contributed by atoms with Crippen molar-refractivity contribution >= 4 is 27.1 Å². The van der Waals surface area contributed by atoms with Crippen molar-refractivity contribution in [1.29, 1.82) is 0 Å². The molecule has 1 aromatic heterocycles. The second kappa shape index (κ2) is 5.35. The number of aromatic nitrogens is 1. The van der Waals surface area contributed by atoms with Gasteiger partial charge in [0, 0.05) is 12.6 Å². The first kappa shape index (κ1) is 15.0. The summed E-state index contributed by atoms with van der Waals surface area (Å²) in [7, 11) is -3.78. The molecule has 1 aliphatic heterocycles. The first-order chi connectivity index (χ1) is 9.92. The maximum Gasteiger partial charge on any atom is 0.240 e. The fraction of sp³-hybridized carbons (Fsp3) is 0.615. The molecule has 0 amide bonds. The standard InChI is InChI=1S/C13H15ClF2N2O2S/c14-9-11-10(13(16)17-12(9)15)18(6-7-21(11,19)20)8-4-2-1-3-5-8/h8H,1-7H2. The molecular weight excluding hydrogens is 322 g/mol. The van der Waals surface area contributed by atoms with Gasteiger partial charge in [-0.25, -0.2) is 8.42 Å². The average Bonchev–Trinajstić information content (AvgIpc) is 2.45. The van der Waals surface area contributed by atoms with Gasteiger partial charge in [-0.3, -0.25) is 0 Å². The second-order valence-corrected chi connectivity index (χ2v) is 7.91. The van der Waals surface area contributed by atoms with E-state index >= 15 is 0 Å². The number of rotatable bonds is 1. The lowest BCUT2D eigenvalue weighted by Gasteiger charge is -2.39. The molecule has 0 aromatic carbocycles. The van der Waals surface area contributed by atoms with Crippen molar-refractivity contribution in [3.8, 4) is 0 Å². The van der Waals surface area contributed by atoms with Crippen molar-refractivity contribution in [2.75, 3.05) is 17.2 Å². The van der Waals surface area contributed by atoms with Gasteiger partial charge < -0.3 is 4.90 Å². The van der Waals surface area contributed by atoms with Crippen molar-refractivity contribution in [2.24, 2.45) is 0 Å². The second-order valence-electron chi connectivity index (χ2n) is 5.49. The van der Waals surface area contributed by atoms with E-state index in [9.17, 15) is 17.2 Å². The molecule has 116 valence electrons. The molecule has 1 aromatic rings. The lowest BCUT2D eigenvalue weighted by molar-refractivity contribution is 0.406. The molecule has 0 radical (unpaired) electrons. The Balaban J connectivity index is 2.16. The van der Waals surface area contributed by atoms with Crippen molar-refractivity contribution < 1.29 is 17.2 Å². The SMILES string of the molecule is O=S1(=O)CCN(C2CCCCC2)c2c(F)nc(F)c(Cl)c21. The van der Waals surface area contributed by atoms with Crippen LogP contribution in [0, 0.1) is 11.9 Å². The van der Waals surface area contributed by atoms with Crippen LogP contribution in [-0.4, -0.2) is 31.7 Å². The molecule has 3 rings (SSSR count). The van der Waals surface area contributed by atoms with E-state index in [-0.39, 0.29) is 24.0 Å². The van der Waals surface area contributed by atoms with Crippen LogP contribution in [0.3, 0.4) is 0 Å². The number of anilines is 1. The van der Waals surface area contributed by atoms with Crippen LogP contribution in [0.2, 0.25) is 5.02 Å². The zero-order valence-electron chi connectivity index (χ0n) is 11.3. The van der Waals surface area contributed by atoms with E-state index in [0.29, 0.717) is 0 Å². The summed E-state index contributed by atoms with van der Waals surface area (Å²) in [5, 5.41) is -0.605. The van der Waals surface area contributed by atoms with Gasteiger partial charge in [0.05, 0.1) is 5.75 Å². The highest BCUT2D eigenvalue weighted by Crippen LogP contribution is 2.41. The van der Waals surface area contributed by atoms with Gasteiger partial charge in [0.25, 0.3) is 0 Å². The minimum Gasteiger partial charge on any atom is -0.363 e. The van der Waals surface area contributed by atoms with Crippen molar-refractivity contribution in [1.82, 2.24) is 4.98 Å². The van der Waals surface area contributed by atoms with Gasteiger partial charge >= 0.3 is 0 Å². The van der Waals surface area contributed by atoms with Gasteiger partial charge in [0.2, 0.25) is 11.9 Å². The highest BCUT2D eigenvalue weighted by Gasteiger charge is 2.38. The van der Waals surface area contributed by atoms with Crippen LogP contribution in [0.5, 0.6) is 0 Å². The van der Waals surface area contributed by atoms with Gasteiger partial charge in [-0.15, -0.1) is 0 Å². The topological polar surface area (TPSA) is 50.3 Å². The molecule has 0 atom stereocenters. The fourth-order valence-corrected chi connectivity index (χ4v) is 5.18. The summed E-state index contributed by atoms with van der Waals surface area (Å²) in [5.74, 6) is -2.55. The zero-order valence-corrected chi connectivity index (χ0v) is 12.9. The molecule has 21 heavy (non-hydrogen) atoms. The minimum absolute atomic E-state index is 0.0610. The van der Waals surface area contributed by atoms with Crippen molar-refractivity contribution in [3.05, 3.63) is 16.9 Å². The molecule has 0 unspecified atom stereocenters. The summed E-state index contributed by atoms with van der Waals surface area (Å²) in [6.07, 6.45) is 4.91. The summed E-state index contributed by atoms with van der Waals surface area (Å²) >= 11 is 5.76. The highest BCUT2D eigenvalue weighted by atomic mass is 35.5. The van der Waals surface area contributed by atoms with Crippen LogP contribution < -0.4 is 4.90 Å². The number of sulfone groups is 1. The average molecular weight is 337 g/mol. The number of nitrogens with zero attached hydrogens (tertiary/aromatic N) is 2. The highest BCUT2D eigenvalue weighted by molar-refractivity contribution is 7.91. The molecule has 1 fully saturated rings. The molecule has 0 N–H and O–H groups in total. The maximum atomic E-state index is 14.1. The smallest absolute Gasteiger partial charge is 0.240 e. The summed E-state index contributed by atoms with van der Waals surface area (Å²) in [5.41, 5.74) is -0.153. The lowest BCUT2D eigenvalue weighted by Crippen LogP contribution is -2.44. The molecule has 0 saturated heterocycles. The molecule has 2 heterocycles. The Bertz CT molecular complexity index is 675. The van der Waals surface area contributed by atoms with Gasteiger partial charge in [-0.05, 0) is 12.8 Å². The quantitative estimate of drug-likeness (QED) is 0.740. The van der Waals surface area contributed by atoms with Crippen molar-refractivity contribution in [2.45, 2.75) is 43.0 Å². The monoisotopic (exact) mass is 336 g/mol. The third-order valence-electron chi connectivity index (χ3n) is 4.20. The molecule has 0 bridgehead atoms. The predicted octanol–water partition coefficient (Wildman–Crippen LogP) is 2.94. The third kappa shape index (κ3) is 2.50. The van der Waals surface area contributed by atoms with Crippen LogP contribution in [0.4, 0.5) is 14.5 Å². The largest absolute Gasteiger partial charge is 0.363 e. The lowest BCUT2D eigenvalue weighted by atomic mass is 9.94. The predicted molar refractivity (Wildman–Crippen MR) is 75.4 cm³/mol. The molecule has 2 aliphatic rings. The van der Waals surface area contributed by atoms with E-state index in [0.717, 1.165) is 32.1 Å². The summed E-state index contributed by atoms with van der Waals surface area (Å²) in [6.45, 7) is 0.195. The van der Waals surface area contributed by atoms with E-state index in [1.54, 1.807) is 4.90 Å². The maximum absolute atomic E-state index is 14.1. The molecule has 4 nitrogen and oxygen atoms in total. The van der Waals surface area contributed by atoms with Crippen LogP contribution in [-0.2, 0) is 9.84 Å². The molecule has 1 saturated carbocycles. The van der Waals surface area contributed by atoms with E-state index in [1.165, 1.54) is 0 Å². The van der Waals surface area contributed by atoms with Gasteiger partial charge in [-0.1, -0.05) is 30.9 Å². The first-order valence-corrected chi connectivity index (χ1v) is 8.99. The van der Waals surface area contributed by atoms with E-state index in [1.807, 2.05) is 0 Å².